The molecule has 0 spiro atoms. The normalized spacial score (nSPS) is 10.9. The van der Waals surface area contributed by atoms with Crippen LogP contribution in [0.2, 0.25) is 0 Å². The van der Waals surface area contributed by atoms with Gasteiger partial charge in [-0.2, -0.15) is 4.98 Å². The molecule has 0 radical (unpaired) electrons. The highest BCUT2D eigenvalue weighted by molar-refractivity contribution is 5.88. The first kappa shape index (κ1) is 18.7. The van der Waals surface area contributed by atoms with E-state index in [1.54, 1.807) is 21.1 Å². The Morgan fingerprint density at radius 1 is 1.00 bits per heavy atom. The van der Waals surface area contributed by atoms with Crippen molar-refractivity contribution in [2.45, 2.75) is 20.4 Å². The summed E-state index contributed by atoms with van der Waals surface area (Å²) in [4.78, 5) is 9.19. The number of rotatable bonds is 6. The molecule has 148 valence electrons. The molecule has 0 bridgehead atoms. The van der Waals surface area contributed by atoms with E-state index in [1.807, 2.05) is 36.4 Å². The van der Waals surface area contributed by atoms with Crippen molar-refractivity contribution in [1.82, 2.24) is 15.1 Å². The topological polar surface area (TPSA) is 82.3 Å². The molecule has 7 heteroatoms. The zero-order valence-corrected chi connectivity index (χ0v) is 16.8. The molecular formula is C22H22N4O3. The van der Waals surface area contributed by atoms with Crippen molar-refractivity contribution in [1.29, 1.82) is 0 Å². The summed E-state index contributed by atoms with van der Waals surface area (Å²) in [5.41, 5.74) is 3.78. The molecule has 0 saturated heterocycles. The largest absolute Gasteiger partial charge is 0.493 e. The van der Waals surface area contributed by atoms with Crippen molar-refractivity contribution in [3.05, 3.63) is 59.5 Å². The predicted molar refractivity (Wildman–Crippen MR) is 111 cm³/mol. The van der Waals surface area contributed by atoms with E-state index in [4.69, 9.17) is 19.0 Å². The Balaban J connectivity index is 1.76. The predicted octanol–water partition coefficient (Wildman–Crippen LogP) is 4.53. The fraction of sp³-hybridized carbons (Fsp3) is 0.227. The number of hydrogen-bond donors (Lipinski definition) is 1. The molecule has 0 aliphatic heterocycles. The van der Waals surface area contributed by atoms with E-state index in [0.29, 0.717) is 35.6 Å². The Kier molecular flexibility index (Phi) is 5.03. The van der Waals surface area contributed by atoms with Gasteiger partial charge in [0.25, 0.3) is 0 Å². The second-order valence-electron chi connectivity index (χ2n) is 6.72. The number of hydrogen-bond acceptors (Lipinski definition) is 7. The fourth-order valence-corrected chi connectivity index (χ4v) is 3.28. The molecule has 7 nitrogen and oxygen atoms in total. The molecule has 0 fully saturated rings. The van der Waals surface area contributed by atoms with Gasteiger partial charge < -0.3 is 19.3 Å². The lowest BCUT2D eigenvalue weighted by atomic mass is 10.1. The summed E-state index contributed by atoms with van der Waals surface area (Å²) in [6.07, 6.45) is 0. The second-order valence-corrected chi connectivity index (χ2v) is 6.72. The number of anilines is 1. The van der Waals surface area contributed by atoms with E-state index in [1.165, 1.54) is 0 Å². The number of aryl methyl sites for hydroxylation is 2. The van der Waals surface area contributed by atoms with Crippen molar-refractivity contribution in [3.63, 3.8) is 0 Å². The van der Waals surface area contributed by atoms with Crippen LogP contribution in [0.25, 0.3) is 22.3 Å². The smallest absolute Gasteiger partial charge is 0.223 e. The minimum absolute atomic E-state index is 0.495. The van der Waals surface area contributed by atoms with Gasteiger partial charge in [0.05, 0.1) is 25.3 Å². The second kappa shape index (κ2) is 7.79. The number of aromatic nitrogens is 3. The average Bonchev–Trinajstić information content (AvgIpc) is 3.17. The fourth-order valence-electron chi connectivity index (χ4n) is 3.28. The molecule has 0 saturated carbocycles. The number of nitrogens with zero attached hydrogens (tertiary/aromatic N) is 3. The Labute approximate surface area is 168 Å². The van der Waals surface area contributed by atoms with Crippen molar-refractivity contribution in [2.24, 2.45) is 0 Å². The lowest BCUT2D eigenvalue weighted by Crippen LogP contribution is -2.06. The Bertz CT molecular complexity index is 1170. The number of methoxy groups -OCH3 is 2. The quantitative estimate of drug-likeness (QED) is 0.518. The summed E-state index contributed by atoms with van der Waals surface area (Å²) >= 11 is 0. The van der Waals surface area contributed by atoms with Crippen LogP contribution in [-0.2, 0) is 6.54 Å². The number of para-hydroxylation sites is 1. The first-order valence-electron chi connectivity index (χ1n) is 9.25. The van der Waals surface area contributed by atoms with Gasteiger partial charge in [-0.3, -0.25) is 0 Å². The zero-order chi connectivity index (χ0) is 20.4. The van der Waals surface area contributed by atoms with E-state index in [9.17, 15) is 0 Å². The van der Waals surface area contributed by atoms with Gasteiger partial charge in [0.2, 0.25) is 11.7 Å². The number of benzene rings is 2. The van der Waals surface area contributed by atoms with E-state index in [0.717, 1.165) is 27.6 Å². The first-order valence-corrected chi connectivity index (χ1v) is 9.25. The van der Waals surface area contributed by atoms with E-state index in [2.05, 4.69) is 28.4 Å². The third-order valence-corrected chi connectivity index (χ3v) is 4.67. The van der Waals surface area contributed by atoms with Gasteiger partial charge >= 0.3 is 0 Å². The van der Waals surface area contributed by atoms with Gasteiger partial charge in [-0.25, -0.2) is 4.98 Å². The average molecular weight is 390 g/mol. The third kappa shape index (κ3) is 3.71. The van der Waals surface area contributed by atoms with Crippen LogP contribution < -0.4 is 14.8 Å². The van der Waals surface area contributed by atoms with Crippen molar-refractivity contribution in [3.8, 4) is 22.9 Å². The van der Waals surface area contributed by atoms with Crippen LogP contribution in [0.1, 0.15) is 17.0 Å². The lowest BCUT2D eigenvalue weighted by molar-refractivity contribution is 0.352. The van der Waals surface area contributed by atoms with Crippen LogP contribution in [-0.4, -0.2) is 29.3 Å². The summed E-state index contributed by atoms with van der Waals surface area (Å²) in [6.45, 7) is 4.32. The lowest BCUT2D eigenvalue weighted by Gasteiger charge is -2.15. The molecule has 0 amide bonds. The molecule has 2 aromatic carbocycles. The van der Waals surface area contributed by atoms with E-state index >= 15 is 0 Å². The minimum atomic E-state index is 0.495. The maximum Gasteiger partial charge on any atom is 0.223 e. The molecule has 0 aliphatic carbocycles. The van der Waals surface area contributed by atoms with Gasteiger partial charge in [-0.1, -0.05) is 28.9 Å². The van der Waals surface area contributed by atoms with E-state index in [-0.39, 0.29) is 0 Å². The molecule has 0 atom stereocenters. The van der Waals surface area contributed by atoms with Gasteiger partial charge in [-0.05, 0) is 31.2 Å². The Morgan fingerprint density at radius 3 is 2.59 bits per heavy atom. The van der Waals surface area contributed by atoms with Crippen molar-refractivity contribution >= 4 is 16.7 Å². The number of fused-ring (bicyclic) bond motifs is 1. The first-order chi connectivity index (χ1) is 14.1. The standard InChI is InChI=1S/C22H22N4O3/c1-13-8-9-18-16(10-13)11-17(22-24-14(2)29-26-22)21(25-18)23-12-15-6-5-7-19(27-3)20(15)28-4/h5-11H,12H2,1-4H3,(H,23,25). The molecule has 2 aromatic heterocycles. The van der Waals surface area contributed by atoms with Gasteiger partial charge in [0.1, 0.15) is 5.82 Å². The highest BCUT2D eigenvalue weighted by Gasteiger charge is 2.16. The molecule has 2 heterocycles. The van der Waals surface area contributed by atoms with E-state index < -0.39 is 0 Å². The molecule has 29 heavy (non-hydrogen) atoms. The molecule has 4 aromatic rings. The Hall–Kier alpha value is -3.61. The Morgan fingerprint density at radius 2 is 1.86 bits per heavy atom. The maximum atomic E-state index is 5.53. The van der Waals surface area contributed by atoms with Crippen LogP contribution in [0.4, 0.5) is 5.82 Å². The van der Waals surface area contributed by atoms with Crippen LogP contribution in [0.15, 0.2) is 47.0 Å². The van der Waals surface area contributed by atoms with Gasteiger partial charge in [-0.15, -0.1) is 0 Å². The molecule has 1 N–H and O–H groups in total. The number of ether oxygens (including phenoxy) is 2. The molecular weight excluding hydrogens is 368 g/mol. The highest BCUT2D eigenvalue weighted by atomic mass is 16.5. The number of nitrogens with one attached hydrogen (secondary N) is 1. The minimum Gasteiger partial charge on any atom is -0.493 e. The van der Waals surface area contributed by atoms with Crippen LogP contribution in [0.5, 0.6) is 11.5 Å². The maximum absolute atomic E-state index is 5.53. The highest BCUT2D eigenvalue weighted by Crippen LogP contribution is 2.33. The van der Waals surface area contributed by atoms with Crippen LogP contribution >= 0.6 is 0 Å². The summed E-state index contributed by atoms with van der Waals surface area (Å²) in [5.74, 6) is 3.05. The summed E-state index contributed by atoms with van der Waals surface area (Å²) in [7, 11) is 3.25. The molecule has 0 aliphatic rings. The molecule has 4 rings (SSSR count). The van der Waals surface area contributed by atoms with Gasteiger partial charge in [0.15, 0.2) is 11.5 Å². The summed E-state index contributed by atoms with van der Waals surface area (Å²) < 4.78 is 16.1. The third-order valence-electron chi connectivity index (χ3n) is 4.67. The molecule has 0 unspecified atom stereocenters. The van der Waals surface area contributed by atoms with Crippen LogP contribution in [0.3, 0.4) is 0 Å². The SMILES string of the molecule is COc1cccc(CNc2nc3ccc(C)cc3cc2-c2noc(C)n2)c1OC. The monoisotopic (exact) mass is 390 g/mol. The summed E-state index contributed by atoms with van der Waals surface area (Å²) in [5, 5.41) is 8.50. The van der Waals surface area contributed by atoms with Gasteiger partial charge in [0, 0.05) is 24.4 Å². The summed E-state index contributed by atoms with van der Waals surface area (Å²) in [6, 6.07) is 14.0. The zero-order valence-electron chi connectivity index (χ0n) is 16.8. The number of pyridine rings is 1. The van der Waals surface area contributed by atoms with Crippen molar-refractivity contribution < 1.29 is 14.0 Å². The van der Waals surface area contributed by atoms with Crippen LogP contribution in [0, 0.1) is 13.8 Å². The van der Waals surface area contributed by atoms with Crippen molar-refractivity contribution in [2.75, 3.05) is 19.5 Å².